The Bertz CT molecular complexity index is 943. The van der Waals surface area contributed by atoms with Crippen molar-refractivity contribution in [2.75, 3.05) is 13.7 Å². The fraction of sp³-hybridized carbons (Fsp3) is 0.633. The van der Waals surface area contributed by atoms with Gasteiger partial charge in [-0.3, -0.25) is 9.59 Å². The van der Waals surface area contributed by atoms with Crippen LogP contribution < -0.4 is 5.32 Å². The molecular formula is C30H46N2O4. The highest BCUT2D eigenvalue weighted by Gasteiger charge is 2.52. The van der Waals surface area contributed by atoms with Crippen LogP contribution in [0.15, 0.2) is 42.0 Å². The molecule has 200 valence electrons. The van der Waals surface area contributed by atoms with E-state index in [1.54, 1.807) is 31.9 Å². The minimum absolute atomic E-state index is 0.0603. The summed E-state index contributed by atoms with van der Waals surface area (Å²) in [7, 11) is 1.75. The van der Waals surface area contributed by atoms with E-state index in [2.05, 4.69) is 12.2 Å². The van der Waals surface area contributed by atoms with E-state index in [1.165, 1.54) is 0 Å². The molecule has 1 fully saturated rings. The lowest BCUT2D eigenvalue weighted by atomic mass is 9.72. The summed E-state index contributed by atoms with van der Waals surface area (Å²) >= 11 is 0. The first-order valence-electron chi connectivity index (χ1n) is 13.3. The fourth-order valence-electron chi connectivity index (χ4n) is 5.10. The molecule has 2 amide bonds. The number of likely N-dealkylation sites (N-methyl/N-ethyl adjacent to an activating group) is 1. The van der Waals surface area contributed by atoms with Gasteiger partial charge in [0.05, 0.1) is 18.1 Å². The van der Waals surface area contributed by atoms with Crippen LogP contribution in [0.2, 0.25) is 0 Å². The Balaban J connectivity index is 2.40. The molecule has 1 aromatic carbocycles. The maximum Gasteiger partial charge on any atom is 0.333 e. The maximum atomic E-state index is 14.1. The molecule has 36 heavy (non-hydrogen) atoms. The molecule has 0 aromatic heterocycles. The number of esters is 1. The van der Waals surface area contributed by atoms with Crippen LogP contribution in [0.3, 0.4) is 0 Å². The van der Waals surface area contributed by atoms with Crippen LogP contribution in [-0.2, 0) is 24.5 Å². The van der Waals surface area contributed by atoms with Gasteiger partial charge in [-0.15, -0.1) is 0 Å². The normalized spacial score (nSPS) is 17.7. The quantitative estimate of drug-likeness (QED) is 0.333. The van der Waals surface area contributed by atoms with Gasteiger partial charge in [0, 0.05) is 12.6 Å². The topological polar surface area (TPSA) is 75.7 Å². The summed E-state index contributed by atoms with van der Waals surface area (Å²) in [6.45, 7) is 15.8. The molecule has 1 unspecified atom stereocenters. The van der Waals surface area contributed by atoms with Crippen LogP contribution in [-0.4, -0.2) is 48.4 Å². The highest BCUT2D eigenvalue weighted by Crippen LogP contribution is 2.50. The third kappa shape index (κ3) is 6.57. The van der Waals surface area contributed by atoms with Gasteiger partial charge < -0.3 is 15.0 Å². The van der Waals surface area contributed by atoms with E-state index in [1.807, 2.05) is 65.0 Å². The first-order chi connectivity index (χ1) is 16.8. The molecule has 1 aliphatic carbocycles. The zero-order chi connectivity index (χ0) is 27.3. The second kappa shape index (κ2) is 12.1. The van der Waals surface area contributed by atoms with Gasteiger partial charge in [0.2, 0.25) is 11.8 Å². The molecular weight excluding hydrogens is 452 g/mol. The number of rotatable bonds is 11. The monoisotopic (exact) mass is 498 g/mol. The summed E-state index contributed by atoms with van der Waals surface area (Å²) in [6, 6.07) is 8.92. The lowest BCUT2D eigenvalue weighted by Crippen LogP contribution is -2.59. The van der Waals surface area contributed by atoms with Gasteiger partial charge in [0.1, 0.15) is 6.04 Å². The van der Waals surface area contributed by atoms with Crippen molar-refractivity contribution in [3.05, 3.63) is 47.5 Å². The molecule has 1 saturated carbocycles. The summed E-state index contributed by atoms with van der Waals surface area (Å²) in [5.74, 6) is -0.303. The van der Waals surface area contributed by atoms with Crippen LogP contribution in [0.4, 0.5) is 0 Å². The van der Waals surface area contributed by atoms with Crippen molar-refractivity contribution in [2.45, 2.75) is 92.2 Å². The number of nitrogens with one attached hydrogen (secondary N) is 1. The SMILES string of the molecule is CCOC(=O)/C(C)=C/[C@H](C(C)C)N(C)C(=O)[C@@H](NC(=O)C(CC)(c1ccccc1)C1CC1)C(C)(C)C. The summed E-state index contributed by atoms with van der Waals surface area (Å²) in [6.07, 6.45) is 4.49. The molecule has 1 N–H and O–H groups in total. The minimum atomic E-state index is -0.721. The van der Waals surface area contributed by atoms with Crippen molar-refractivity contribution < 1.29 is 19.1 Å². The molecule has 0 aliphatic heterocycles. The first-order valence-corrected chi connectivity index (χ1v) is 13.3. The number of hydrogen-bond donors (Lipinski definition) is 1. The first kappa shape index (κ1) is 29.6. The van der Waals surface area contributed by atoms with Crippen LogP contribution in [0, 0.1) is 17.3 Å². The fourth-order valence-corrected chi connectivity index (χ4v) is 5.10. The summed E-state index contributed by atoms with van der Waals surface area (Å²) < 4.78 is 5.13. The van der Waals surface area contributed by atoms with Crippen LogP contribution in [0.25, 0.3) is 0 Å². The predicted octanol–water partition coefficient (Wildman–Crippen LogP) is 5.27. The third-order valence-corrected chi connectivity index (χ3v) is 7.41. The highest BCUT2D eigenvalue weighted by molar-refractivity contribution is 5.94. The standard InChI is InChI=1S/C30H46N2O4/c1-10-30(23-17-18-23,22-15-13-12-14-16-22)28(35)31-25(29(6,7)8)26(33)32(9)24(20(3)4)19-21(5)27(34)36-11-2/h12-16,19-20,23-25H,10-11,17-18H2,1-9H3,(H,31,35)/b21-19+/t24-,25-,30?/m1/s1. The maximum absolute atomic E-state index is 14.1. The zero-order valence-corrected chi connectivity index (χ0v) is 23.7. The molecule has 0 spiro atoms. The van der Waals surface area contributed by atoms with Crippen LogP contribution in [0.1, 0.15) is 80.2 Å². The molecule has 3 atom stereocenters. The minimum Gasteiger partial charge on any atom is -0.463 e. The molecule has 0 heterocycles. The zero-order valence-electron chi connectivity index (χ0n) is 23.7. The number of amides is 2. The lowest BCUT2D eigenvalue weighted by molar-refractivity contribution is -0.142. The van der Waals surface area contributed by atoms with Crippen molar-refractivity contribution in [3.63, 3.8) is 0 Å². The van der Waals surface area contributed by atoms with Crippen molar-refractivity contribution in [1.82, 2.24) is 10.2 Å². The van der Waals surface area contributed by atoms with E-state index >= 15 is 0 Å². The molecule has 1 aromatic rings. The molecule has 6 heteroatoms. The molecule has 2 rings (SSSR count). The van der Waals surface area contributed by atoms with Gasteiger partial charge in [-0.05, 0) is 55.9 Å². The van der Waals surface area contributed by atoms with Crippen molar-refractivity contribution >= 4 is 17.8 Å². The van der Waals surface area contributed by atoms with E-state index in [-0.39, 0.29) is 35.7 Å². The average Bonchev–Trinajstić information content (AvgIpc) is 3.66. The van der Waals surface area contributed by atoms with Crippen LogP contribution >= 0.6 is 0 Å². The predicted molar refractivity (Wildman–Crippen MR) is 144 cm³/mol. The number of ether oxygens (including phenoxy) is 1. The van der Waals surface area contributed by atoms with Crippen molar-refractivity contribution in [1.29, 1.82) is 0 Å². The molecule has 1 aliphatic rings. The Hall–Kier alpha value is -2.63. The lowest BCUT2D eigenvalue weighted by Gasteiger charge is -2.40. The van der Waals surface area contributed by atoms with Gasteiger partial charge in [0.15, 0.2) is 0 Å². The Morgan fingerprint density at radius 1 is 1.11 bits per heavy atom. The Labute approximate surface area is 217 Å². The summed E-state index contributed by atoms with van der Waals surface area (Å²) in [5, 5.41) is 3.20. The van der Waals surface area contributed by atoms with E-state index in [4.69, 9.17) is 4.74 Å². The van der Waals surface area contributed by atoms with Crippen LogP contribution in [0.5, 0.6) is 0 Å². The van der Waals surface area contributed by atoms with E-state index in [0.29, 0.717) is 18.6 Å². The van der Waals surface area contributed by atoms with E-state index in [9.17, 15) is 14.4 Å². The number of benzene rings is 1. The largest absolute Gasteiger partial charge is 0.463 e. The highest BCUT2D eigenvalue weighted by atomic mass is 16.5. The molecule has 6 nitrogen and oxygen atoms in total. The number of nitrogens with zero attached hydrogens (tertiary/aromatic N) is 1. The van der Waals surface area contributed by atoms with Crippen molar-refractivity contribution in [2.24, 2.45) is 17.3 Å². The number of carbonyl (C=O) groups is 3. The second-order valence-corrected chi connectivity index (χ2v) is 11.5. The van der Waals surface area contributed by atoms with E-state index in [0.717, 1.165) is 18.4 Å². The number of carbonyl (C=O) groups excluding carboxylic acids is 3. The molecule has 0 bridgehead atoms. The smallest absolute Gasteiger partial charge is 0.333 e. The number of hydrogen-bond acceptors (Lipinski definition) is 4. The third-order valence-electron chi connectivity index (χ3n) is 7.41. The van der Waals surface area contributed by atoms with Gasteiger partial charge in [-0.2, -0.15) is 0 Å². The second-order valence-electron chi connectivity index (χ2n) is 11.5. The van der Waals surface area contributed by atoms with Crippen molar-refractivity contribution in [3.8, 4) is 0 Å². The van der Waals surface area contributed by atoms with Gasteiger partial charge >= 0.3 is 5.97 Å². The Morgan fingerprint density at radius 3 is 2.14 bits per heavy atom. The van der Waals surface area contributed by atoms with Gasteiger partial charge in [0.25, 0.3) is 0 Å². The summed E-state index contributed by atoms with van der Waals surface area (Å²) in [4.78, 5) is 41.9. The average molecular weight is 499 g/mol. The molecule has 0 saturated heterocycles. The Kier molecular flexibility index (Phi) is 9.93. The van der Waals surface area contributed by atoms with E-state index < -0.39 is 16.9 Å². The summed E-state index contributed by atoms with van der Waals surface area (Å²) in [5.41, 5.74) is 0.312. The molecule has 0 radical (unpaired) electrons. The van der Waals surface area contributed by atoms with Gasteiger partial charge in [-0.25, -0.2) is 4.79 Å². The van der Waals surface area contributed by atoms with Gasteiger partial charge in [-0.1, -0.05) is 78.0 Å². The Morgan fingerprint density at radius 2 is 1.69 bits per heavy atom.